The van der Waals surface area contributed by atoms with E-state index in [2.05, 4.69) is 46.8 Å². The molecule has 0 aliphatic rings. The van der Waals surface area contributed by atoms with E-state index in [1.165, 1.54) is 96.3 Å². The van der Waals surface area contributed by atoms with Crippen LogP contribution in [0.4, 0.5) is 0 Å². The highest BCUT2D eigenvalue weighted by Gasteiger charge is 2.08. The van der Waals surface area contributed by atoms with Crippen LogP contribution in [0.2, 0.25) is 0 Å². The summed E-state index contributed by atoms with van der Waals surface area (Å²) in [5.74, 6) is 0.753. The molecule has 0 saturated heterocycles. The fourth-order valence-corrected chi connectivity index (χ4v) is 3.47. The van der Waals surface area contributed by atoms with E-state index in [4.69, 9.17) is 4.74 Å². The average molecular weight is 381 g/mol. The summed E-state index contributed by atoms with van der Waals surface area (Å²) in [6.07, 6.45) is 25.2. The highest BCUT2D eigenvalue weighted by molar-refractivity contribution is 4.86. The largest absolute Gasteiger partial charge is 0.381 e. The average Bonchev–Trinajstić information content (AvgIpc) is 2.61. The molecular weight excluding hydrogens is 328 g/mol. The molecule has 0 fully saturated rings. The second-order valence-electron chi connectivity index (χ2n) is 9.79. The summed E-state index contributed by atoms with van der Waals surface area (Å²) in [5.41, 5.74) is 0.447. The maximum absolute atomic E-state index is 5.76. The minimum absolute atomic E-state index is 0.447. The van der Waals surface area contributed by atoms with Crippen molar-refractivity contribution in [1.29, 1.82) is 0 Å². The van der Waals surface area contributed by atoms with Crippen LogP contribution in [0.15, 0.2) is 12.2 Å². The Morgan fingerprint density at radius 1 is 0.741 bits per heavy atom. The minimum Gasteiger partial charge on any atom is -0.381 e. The fraction of sp³-hybridized carbons (Fsp3) is 0.923. The summed E-state index contributed by atoms with van der Waals surface area (Å²) >= 11 is 0. The monoisotopic (exact) mass is 380 g/mol. The first kappa shape index (κ1) is 26.7. The van der Waals surface area contributed by atoms with Crippen molar-refractivity contribution in [3.8, 4) is 0 Å². The van der Waals surface area contributed by atoms with Crippen LogP contribution in [0, 0.1) is 11.3 Å². The number of hydrogen-bond donors (Lipinski definition) is 0. The van der Waals surface area contributed by atoms with Gasteiger partial charge in [-0.05, 0) is 49.9 Å². The number of ether oxygens (including phenoxy) is 1. The first-order valence-electron chi connectivity index (χ1n) is 12.2. The number of rotatable bonds is 19. The van der Waals surface area contributed by atoms with Gasteiger partial charge in [0.1, 0.15) is 0 Å². The van der Waals surface area contributed by atoms with E-state index in [0.29, 0.717) is 5.41 Å². The molecule has 162 valence electrons. The quantitative estimate of drug-likeness (QED) is 0.160. The third-order valence-electron chi connectivity index (χ3n) is 5.35. The van der Waals surface area contributed by atoms with Crippen molar-refractivity contribution in [1.82, 2.24) is 0 Å². The molecule has 0 saturated carbocycles. The summed E-state index contributed by atoms with van der Waals surface area (Å²) in [4.78, 5) is 0. The molecule has 0 heterocycles. The molecule has 1 heteroatoms. The zero-order valence-electron chi connectivity index (χ0n) is 19.7. The van der Waals surface area contributed by atoms with Crippen LogP contribution in [0.3, 0.4) is 0 Å². The highest BCUT2D eigenvalue weighted by Crippen LogP contribution is 2.20. The van der Waals surface area contributed by atoms with E-state index >= 15 is 0 Å². The molecule has 0 bridgehead atoms. The molecule has 0 radical (unpaired) electrons. The van der Waals surface area contributed by atoms with Gasteiger partial charge in [-0.3, -0.25) is 0 Å². The first-order valence-corrected chi connectivity index (χ1v) is 12.2. The molecule has 0 aromatic heterocycles. The van der Waals surface area contributed by atoms with Crippen LogP contribution in [0.1, 0.15) is 131 Å². The van der Waals surface area contributed by atoms with Gasteiger partial charge >= 0.3 is 0 Å². The molecule has 0 aliphatic carbocycles. The standard InChI is InChI=1S/C26H52O/c1-6-7-8-9-10-11-12-13-16-20-25(2)21-17-14-15-18-23-27-24-19-22-26(3,4)5/h16,20,25H,6-15,17-19,21-24H2,1-5H3/b20-16+. The van der Waals surface area contributed by atoms with Gasteiger partial charge in [0, 0.05) is 13.2 Å². The number of allylic oxidation sites excluding steroid dienone is 2. The molecular formula is C26H52O. The van der Waals surface area contributed by atoms with Gasteiger partial charge in [0.25, 0.3) is 0 Å². The van der Waals surface area contributed by atoms with E-state index in [9.17, 15) is 0 Å². The topological polar surface area (TPSA) is 9.23 Å². The van der Waals surface area contributed by atoms with Crippen molar-refractivity contribution in [3.05, 3.63) is 12.2 Å². The summed E-state index contributed by atoms with van der Waals surface area (Å²) < 4.78 is 5.76. The van der Waals surface area contributed by atoms with E-state index in [-0.39, 0.29) is 0 Å². The van der Waals surface area contributed by atoms with Crippen molar-refractivity contribution in [2.24, 2.45) is 11.3 Å². The lowest BCUT2D eigenvalue weighted by Crippen LogP contribution is -2.07. The molecule has 1 atom stereocenters. The van der Waals surface area contributed by atoms with Crippen LogP contribution < -0.4 is 0 Å². The van der Waals surface area contributed by atoms with Gasteiger partial charge in [0.2, 0.25) is 0 Å². The Hall–Kier alpha value is -0.300. The Labute approximate surface area is 172 Å². The van der Waals surface area contributed by atoms with Crippen molar-refractivity contribution in [3.63, 3.8) is 0 Å². The van der Waals surface area contributed by atoms with E-state index in [1.807, 2.05) is 0 Å². The summed E-state index contributed by atoms with van der Waals surface area (Å²) in [5, 5.41) is 0. The normalized spacial score (nSPS) is 13.5. The lowest BCUT2D eigenvalue weighted by molar-refractivity contribution is 0.118. The van der Waals surface area contributed by atoms with Gasteiger partial charge in [0.15, 0.2) is 0 Å². The van der Waals surface area contributed by atoms with E-state index in [1.54, 1.807) is 0 Å². The number of hydrogen-bond acceptors (Lipinski definition) is 1. The van der Waals surface area contributed by atoms with Gasteiger partial charge in [-0.1, -0.05) is 105 Å². The molecule has 0 aromatic carbocycles. The van der Waals surface area contributed by atoms with Crippen LogP contribution in [0.25, 0.3) is 0 Å². The summed E-state index contributed by atoms with van der Waals surface area (Å²) in [7, 11) is 0. The summed E-state index contributed by atoms with van der Waals surface area (Å²) in [6.45, 7) is 13.5. The van der Waals surface area contributed by atoms with Crippen LogP contribution >= 0.6 is 0 Å². The molecule has 0 N–H and O–H groups in total. The van der Waals surface area contributed by atoms with Crippen LogP contribution in [-0.2, 0) is 4.74 Å². The second kappa shape index (κ2) is 19.0. The Balaban J connectivity index is 3.28. The van der Waals surface area contributed by atoms with Crippen LogP contribution in [0.5, 0.6) is 0 Å². The predicted octanol–water partition coefficient (Wildman–Crippen LogP) is 9.11. The predicted molar refractivity (Wildman–Crippen MR) is 124 cm³/mol. The van der Waals surface area contributed by atoms with Crippen LogP contribution in [-0.4, -0.2) is 13.2 Å². The second-order valence-corrected chi connectivity index (χ2v) is 9.79. The Morgan fingerprint density at radius 2 is 1.33 bits per heavy atom. The fourth-order valence-electron chi connectivity index (χ4n) is 3.47. The Kier molecular flexibility index (Phi) is 18.8. The van der Waals surface area contributed by atoms with Gasteiger partial charge in [-0.2, -0.15) is 0 Å². The maximum Gasteiger partial charge on any atom is 0.0466 e. The summed E-state index contributed by atoms with van der Waals surface area (Å²) in [6, 6.07) is 0. The molecule has 0 spiro atoms. The highest BCUT2D eigenvalue weighted by atomic mass is 16.5. The Bertz CT molecular complexity index is 313. The third-order valence-corrected chi connectivity index (χ3v) is 5.35. The van der Waals surface area contributed by atoms with Gasteiger partial charge in [-0.15, -0.1) is 0 Å². The maximum atomic E-state index is 5.76. The SMILES string of the molecule is CCCCCCCCC/C=C/C(C)CCCCCCOCCCC(C)(C)C. The lowest BCUT2D eigenvalue weighted by Gasteiger charge is -2.17. The van der Waals surface area contributed by atoms with Gasteiger partial charge in [-0.25, -0.2) is 0 Å². The first-order chi connectivity index (χ1) is 13.0. The van der Waals surface area contributed by atoms with Crippen molar-refractivity contribution >= 4 is 0 Å². The molecule has 27 heavy (non-hydrogen) atoms. The zero-order chi connectivity index (χ0) is 20.2. The lowest BCUT2D eigenvalue weighted by atomic mass is 9.91. The molecule has 0 rings (SSSR count). The van der Waals surface area contributed by atoms with Crippen molar-refractivity contribution < 1.29 is 4.74 Å². The third kappa shape index (κ3) is 23.7. The number of unbranched alkanes of at least 4 members (excludes halogenated alkanes) is 10. The smallest absolute Gasteiger partial charge is 0.0466 e. The van der Waals surface area contributed by atoms with Gasteiger partial charge in [0.05, 0.1) is 0 Å². The van der Waals surface area contributed by atoms with Gasteiger partial charge < -0.3 is 4.74 Å². The Morgan fingerprint density at radius 3 is 2.04 bits per heavy atom. The molecule has 0 aromatic rings. The molecule has 0 aliphatic heterocycles. The zero-order valence-corrected chi connectivity index (χ0v) is 19.7. The molecule has 1 nitrogen and oxygen atoms in total. The minimum atomic E-state index is 0.447. The van der Waals surface area contributed by atoms with Crippen molar-refractivity contribution in [2.75, 3.05) is 13.2 Å². The van der Waals surface area contributed by atoms with E-state index in [0.717, 1.165) is 19.1 Å². The molecule has 1 unspecified atom stereocenters. The van der Waals surface area contributed by atoms with Crippen molar-refractivity contribution in [2.45, 2.75) is 131 Å². The van der Waals surface area contributed by atoms with E-state index < -0.39 is 0 Å². The molecule has 0 amide bonds.